The molecule has 1 aliphatic heterocycles. The minimum atomic E-state index is -0.217. The Morgan fingerprint density at radius 1 is 1.09 bits per heavy atom. The third-order valence-electron chi connectivity index (χ3n) is 6.49. The van der Waals surface area contributed by atoms with Gasteiger partial charge >= 0.3 is 5.69 Å². The minimum absolute atomic E-state index is 0.0732. The fourth-order valence-corrected chi connectivity index (χ4v) is 5.42. The lowest BCUT2D eigenvalue weighted by molar-refractivity contribution is -0.113. The van der Waals surface area contributed by atoms with Crippen molar-refractivity contribution in [2.24, 2.45) is 0 Å². The second-order valence-corrected chi connectivity index (χ2v) is 10.0. The Labute approximate surface area is 200 Å². The van der Waals surface area contributed by atoms with Crippen molar-refractivity contribution in [1.82, 2.24) is 14.6 Å². The van der Waals surface area contributed by atoms with Crippen LogP contribution in [0.25, 0.3) is 0 Å². The lowest BCUT2D eigenvalue weighted by Crippen LogP contribution is -2.54. The Kier molecular flexibility index (Phi) is 8.09. The predicted octanol–water partition coefficient (Wildman–Crippen LogP) is 3.08. The van der Waals surface area contributed by atoms with Gasteiger partial charge in [0.2, 0.25) is 5.91 Å². The Morgan fingerprint density at radius 3 is 2.55 bits per heavy atom. The van der Waals surface area contributed by atoms with Crippen LogP contribution in [0, 0.1) is 0 Å². The molecular formula is C25H35N5O2S. The molecule has 2 aliphatic rings. The highest BCUT2D eigenvalue weighted by molar-refractivity contribution is 8.00. The Balaban J connectivity index is 1.43. The van der Waals surface area contributed by atoms with E-state index < -0.39 is 0 Å². The fourth-order valence-electron chi connectivity index (χ4n) is 4.54. The van der Waals surface area contributed by atoms with Gasteiger partial charge in [-0.1, -0.05) is 37.2 Å². The number of likely N-dealkylation sites (N-methyl/N-ethyl adjacent to an activating group) is 1. The van der Waals surface area contributed by atoms with Gasteiger partial charge in [-0.3, -0.25) is 4.79 Å². The van der Waals surface area contributed by atoms with Gasteiger partial charge in [0, 0.05) is 37.4 Å². The van der Waals surface area contributed by atoms with Crippen LogP contribution in [0.2, 0.25) is 0 Å². The van der Waals surface area contributed by atoms with Crippen LogP contribution in [0.5, 0.6) is 0 Å². The van der Waals surface area contributed by atoms with Crippen molar-refractivity contribution in [2.45, 2.75) is 56.9 Å². The molecule has 2 aromatic rings. The normalized spacial score (nSPS) is 16.5. The smallest absolute Gasteiger partial charge is 0.325 e. The molecule has 1 fully saturated rings. The number of piperazine rings is 1. The van der Waals surface area contributed by atoms with E-state index >= 15 is 0 Å². The van der Waals surface area contributed by atoms with E-state index in [-0.39, 0.29) is 17.3 Å². The monoisotopic (exact) mass is 469 g/mol. The number of amides is 1. The van der Waals surface area contributed by atoms with Crippen LogP contribution >= 0.6 is 11.8 Å². The van der Waals surface area contributed by atoms with Crippen molar-refractivity contribution in [1.29, 1.82) is 0 Å². The van der Waals surface area contributed by atoms with Crippen LogP contribution in [0.4, 0.5) is 5.69 Å². The first kappa shape index (κ1) is 23.8. The van der Waals surface area contributed by atoms with Crippen molar-refractivity contribution in [2.75, 3.05) is 49.3 Å². The molecule has 1 amide bonds. The van der Waals surface area contributed by atoms with Gasteiger partial charge in [0.15, 0.2) is 0 Å². The second kappa shape index (κ2) is 11.2. The summed E-state index contributed by atoms with van der Waals surface area (Å²) < 4.78 is 1.83. The van der Waals surface area contributed by atoms with Crippen LogP contribution in [-0.4, -0.2) is 59.4 Å². The molecule has 0 radical (unpaired) electrons. The summed E-state index contributed by atoms with van der Waals surface area (Å²) in [5, 5.41) is 5.84. The molecule has 1 aromatic heterocycles. The van der Waals surface area contributed by atoms with Gasteiger partial charge in [0.25, 0.3) is 0 Å². The van der Waals surface area contributed by atoms with Crippen LogP contribution in [0.1, 0.15) is 49.4 Å². The molecule has 0 spiro atoms. The van der Waals surface area contributed by atoms with E-state index in [1.165, 1.54) is 30.2 Å². The summed E-state index contributed by atoms with van der Waals surface area (Å²) in [5.74, 6) is 0.172. The topological polar surface area (TPSA) is 70.5 Å². The standard InChI is InChI=1S/C25H35N5O2S/c1-3-4-7-19-10-12-20(13-11-19)26-23(31)18-33-24-21-8-5-6-9-22(21)30(25(32)27-24)29-16-14-28(2)15-17-29/h10-13H,3-9,14-18H2,1-2H3,(H,26,31). The number of nitrogens with one attached hydrogen (secondary N) is 1. The van der Waals surface area contributed by atoms with Gasteiger partial charge in [0.1, 0.15) is 5.03 Å². The number of unbranched alkanes of at least 4 members (excludes halogenated alkanes) is 1. The third kappa shape index (κ3) is 5.98. The highest BCUT2D eigenvalue weighted by Gasteiger charge is 2.25. The first-order chi connectivity index (χ1) is 16.0. The summed E-state index contributed by atoms with van der Waals surface area (Å²) in [6.45, 7) is 5.73. The molecule has 178 valence electrons. The van der Waals surface area contributed by atoms with E-state index in [2.05, 4.69) is 46.3 Å². The number of carbonyl (C=O) groups is 1. The highest BCUT2D eigenvalue weighted by atomic mass is 32.2. The summed E-state index contributed by atoms with van der Waals surface area (Å²) in [6.07, 6.45) is 7.41. The number of thioether (sulfide) groups is 1. The van der Waals surface area contributed by atoms with Crippen molar-refractivity contribution < 1.29 is 4.79 Å². The fraction of sp³-hybridized carbons (Fsp3) is 0.560. The molecular weight excluding hydrogens is 434 g/mol. The van der Waals surface area contributed by atoms with Gasteiger partial charge in [-0.2, -0.15) is 4.98 Å². The van der Waals surface area contributed by atoms with Crippen LogP contribution in [0.3, 0.4) is 0 Å². The predicted molar refractivity (Wildman–Crippen MR) is 135 cm³/mol. The zero-order chi connectivity index (χ0) is 23.2. The van der Waals surface area contributed by atoms with E-state index in [0.29, 0.717) is 0 Å². The molecule has 0 saturated carbocycles. The largest absolute Gasteiger partial charge is 0.367 e. The Bertz CT molecular complexity index is 1010. The van der Waals surface area contributed by atoms with Gasteiger partial charge < -0.3 is 15.2 Å². The van der Waals surface area contributed by atoms with Crippen molar-refractivity contribution >= 4 is 23.4 Å². The zero-order valence-electron chi connectivity index (χ0n) is 19.8. The quantitative estimate of drug-likeness (QED) is 0.473. The van der Waals surface area contributed by atoms with Crippen LogP contribution in [0.15, 0.2) is 34.1 Å². The summed E-state index contributed by atoms with van der Waals surface area (Å²) in [4.78, 5) is 32.3. The number of benzene rings is 1. The van der Waals surface area contributed by atoms with Crippen molar-refractivity contribution in [3.05, 3.63) is 51.6 Å². The van der Waals surface area contributed by atoms with Crippen LogP contribution < -0.4 is 16.0 Å². The lowest BCUT2D eigenvalue weighted by Gasteiger charge is -2.37. The van der Waals surface area contributed by atoms with E-state index in [4.69, 9.17) is 0 Å². The molecule has 2 heterocycles. The van der Waals surface area contributed by atoms with Crippen LogP contribution in [-0.2, 0) is 24.1 Å². The summed E-state index contributed by atoms with van der Waals surface area (Å²) >= 11 is 1.38. The molecule has 0 atom stereocenters. The summed E-state index contributed by atoms with van der Waals surface area (Å²) in [6, 6.07) is 8.08. The molecule has 33 heavy (non-hydrogen) atoms. The Hall–Kier alpha value is -2.32. The molecule has 1 aromatic carbocycles. The molecule has 1 aliphatic carbocycles. The zero-order valence-corrected chi connectivity index (χ0v) is 20.6. The van der Waals surface area contributed by atoms with Crippen molar-refractivity contribution in [3.8, 4) is 0 Å². The molecule has 0 bridgehead atoms. The maximum absolute atomic E-state index is 13.0. The second-order valence-electron chi connectivity index (χ2n) is 9.04. The van der Waals surface area contributed by atoms with E-state index in [1.807, 2.05) is 16.8 Å². The number of anilines is 1. The number of rotatable bonds is 8. The molecule has 4 rings (SSSR count). The van der Waals surface area contributed by atoms with Gasteiger partial charge in [0.05, 0.1) is 11.4 Å². The number of hydrogen-bond acceptors (Lipinski definition) is 6. The number of fused-ring (bicyclic) bond motifs is 1. The first-order valence-electron chi connectivity index (χ1n) is 12.2. The minimum Gasteiger partial charge on any atom is -0.325 e. The third-order valence-corrected chi connectivity index (χ3v) is 7.51. The number of hydrogen-bond donors (Lipinski definition) is 1. The summed E-state index contributed by atoms with van der Waals surface area (Å²) in [5.41, 5.74) is 4.13. The SMILES string of the molecule is CCCCc1ccc(NC(=O)CSc2nc(=O)n(N3CCN(C)CC3)c3c2CCCC3)cc1. The number of carbonyl (C=O) groups excluding carboxylic acids is 1. The lowest BCUT2D eigenvalue weighted by atomic mass is 9.97. The number of aryl methyl sites for hydroxylation is 1. The highest BCUT2D eigenvalue weighted by Crippen LogP contribution is 2.29. The average molecular weight is 470 g/mol. The molecule has 8 heteroatoms. The maximum atomic E-state index is 13.0. The summed E-state index contributed by atoms with van der Waals surface area (Å²) in [7, 11) is 2.11. The maximum Gasteiger partial charge on any atom is 0.367 e. The van der Waals surface area contributed by atoms with Gasteiger partial charge in [-0.15, -0.1) is 0 Å². The first-order valence-corrected chi connectivity index (χ1v) is 13.1. The van der Waals surface area contributed by atoms with Gasteiger partial charge in [-0.25, -0.2) is 9.47 Å². The van der Waals surface area contributed by atoms with Crippen molar-refractivity contribution in [3.63, 3.8) is 0 Å². The van der Waals surface area contributed by atoms with E-state index in [0.717, 1.165) is 80.3 Å². The Morgan fingerprint density at radius 2 is 1.82 bits per heavy atom. The molecule has 1 saturated heterocycles. The van der Waals surface area contributed by atoms with E-state index in [9.17, 15) is 9.59 Å². The molecule has 0 unspecified atom stereocenters. The average Bonchev–Trinajstić information content (AvgIpc) is 2.83. The number of nitrogens with zero attached hydrogens (tertiary/aromatic N) is 4. The van der Waals surface area contributed by atoms with E-state index in [1.54, 1.807) is 0 Å². The molecule has 7 nitrogen and oxygen atoms in total. The van der Waals surface area contributed by atoms with Gasteiger partial charge in [-0.05, 0) is 63.3 Å². The molecule has 1 N–H and O–H groups in total. The number of aromatic nitrogens is 2.